The molecule has 0 aliphatic heterocycles. The number of ether oxygens (including phenoxy) is 2. The van der Waals surface area contributed by atoms with Gasteiger partial charge in [-0.15, -0.1) is 0 Å². The van der Waals surface area contributed by atoms with Crippen molar-refractivity contribution in [3.63, 3.8) is 0 Å². The number of hydrogen-bond acceptors (Lipinski definition) is 4. The third kappa shape index (κ3) is 6.38. The third-order valence-electron chi connectivity index (χ3n) is 4.52. The molecule has 1 N–H and O–H groups in total. The molecule has 0 heterocycles. The molecular formula is C22H30N2O3. The molecule has 2 rings (SSSR count). The maximum absolute atomic E-state index is 12.4. The summed E-state index contributed by atoms with van der Waals surface area (Å²) in [5.74, 6) is 0.639. The van der Waals surface area contributed by atoms with Crippen LogP contribution >= 0.6 is 0 Å². The Morgan fingerprint density at radius 1 is 1.04 bits per heavy atom. The van der Waals surface area contributed by atoms with Crippen molar-refractivity contribution in [3.8, 4) is 16.9 Å². The average molecular weight is 370 g/mol. The Kier molecular flexibility index (Phi) is 8.81. The largest absolute Gasteiger partial charge is 0.496 e. The van der Waals surface area contributed by atoms with Crippen molar-refractivity contribution < 1.29 is 14.3 Å². The maximum Gasteiger partial charge on any atom is 0.251 e. The van der Waals surface area contributed by atoms with Gasteiger partial charge in [-0.1, -0.05) is 44.2 Å². The highest BCUT2D eigenvalue weighted by Crippen LogP contribution is 2.30. The number of amides is 1. The number of carbonyl (C=O) groups is 1. The summed E-state index contributed by atoms with van der Waals surface area (Å²) >= 11 is 0. The summed E-state index contributed by atoms with van der Waals surface area (Å²) < 4.78 is 11.0. The molecule has 5 heteroatoms. The van der Waals surface area contributed by atoms with Crippen molar-refractivity contribution >= 4 is 5.91 Å². The molecule has 0 saturated carbocycles. The molecule has 0 unspecified atom stereocenters. The minimum Gasteiger partial charge on any atom is -0.496 e. The predicted octanol–water partition coefficient (Wildman–Crippen LogP) is 3.45. The van der Waals surface area contributed by atoms with Crippen LogP contribution in [0.25, 0.3) is 11.1 Å². The highest BCUT2D eigenvalue weighted by atomic mass is 16.5. The molecule has 0 aromatic heterocycles. The van der Waals surface area contributed by atoms with Crippen LogP contribution in [0.2, 0.25) is 0 Å². The van der Waals surface area contributed by atoms with Crippen LogP contribution in [0.4, 0.5) is 0 Å². The average Bonchev–Trinajstić information content (AvgIpc) is 2.73. The first-order valence-electron chi connectivity index (χ1n) is 9.51. The van der Waals surface area contributed by atoms with E-state index in [-0.39, 0.29) is 5.91 Å². The topological polar surface area (TPSA) is 50.8 Å². The SMILES string of the molecule is CCN(CC)CCOCCNC(=O)c1ccc(OC)c(-c2ccccc2)c1. The molecule has 0 atom stereocenters. The lowest BCUT2D eigenvalue weighted by Crippen LogP contribution is -2.30. The number of nitrogens with zero attached hydrogens (tertiary/aromatic N) is 1. The zero-order chi connectivity index (χ0) is 19.5. The van der Waals surface area contributed by atoms with Gasteiger partial charge >= 0.3 is 0 Å². The monoisotopic (exact) mass is 370 g/mol. The van der Waals surface area contributed by atoms with E-state index in [1.54, 1.807) is 13.2 Å². The van der Waals surface area contributed by atoms with E-state index < -0.39 is 0 Å². The number of methoxy groups -OCH3 is 1. The molecule has 0 saturated heterocycles. The van der Waals surface area contributed by atoms with Crippen LogP contribution in [0.5, 0.6) is 5.75 Å². The number of rotatable bonds is 11. The van der Waals surface area contributed by atoms with Gasteiger partial charge < -0.3 is 19.7 Å². The second-order valence-corrected chi connectivity index (χ2v) is 6.18. The molecule has 0 aliphatic rings. The normalized spacial score (nSPS) is 10.8. The highest BCUT2D eigenvalue weighted by molar-refractivity contribution is 5.96. The lowest BCUT2D eigenvalue weighted by molar-refractivity contribution is 0.0884. The van der Waals surface area contributed by atoms with Crippen LogP contribution in [0.1, 0.15) is 24.2 Å². The molecule has 146 valence electrons. The summed E-state index contributed by atoms with van der Waals surface area (Å²) in [5, 5.41) is 2.91. The molecule has 0 spiro atoms. The van der Waals surface area contributed by atoms with Gasteiger partial charge in [0.05, 0.1) is 20.3 Å². The van der Waals surface area contributed by atoms with Gasteiger partial charge in [-0.25, -0.2) is 0 Å². The Morgan fingerprint density at radius 3 is 2.44 bits per heavy atom. The van der Waals surface area contributed by atoms with Crippen LogP contribution in [0.15, 0.2) is 48.5 Å². The van der Waals surface area contributed by atoms with E-state index >= 15 is 0 Å². The Hall–Kier alpha value is -2.37. The molecular weight excluding hydrogens is 340 g/mol. The van der Waals surface area contributed by atoms with E-state index in [1.807, 2.05) is 42.5 Å². The number of carbonyl (C=O) groups excluding carboxylic acids is 1. The second kappa shape index (κ2) is 11.4. The van der Waals surface area contributed by atoms with E-state index in [4.69, 9.17) is 9.47 Å². The molecule has 5 nitrogen and oxygen atoms in total. The van der Waals surface area contributed by atoms with Gasteiger partial charge in [-0.2, -0.15) is 0 Å². The van der Waals surface area contributed by atoms with Crippen molar-refractivity contribution in [3.05, 3.63) is 54.1 Å². The molecule has 0 aliphatic carbocycles. The van der Waals surface area contributed by atoms with E-state index in [9.17, 15) is 4.79 Å². The van der Waals surface area contributed by atoms with Crippen LogP contribution < -0.4 is 10.1 Å². The van der Waals surface area contributed by atoms with E-state index in [0.29, 0.717) is 25.3 Å². The minimum absolute atomic E-state index is 0.109. The Morgan fingerprint density at radius 2 is 1.78 bits per heavy atom. The van der Waals surface area contributed by atoms with Gasteiger partial charge in [0, 0.05) is 24.2 Å². The first-order valence-corrected chi connectivity index (χ1v) is 9.51. The third-order valence-corrected chi connectivity index (χ3v) is 4.52. The first-order chi connectivity index (χ1) is 13.2. The van der Waals surface area contributed by atoms with Gasteiger partial charge in [0.2, 0.25) is 0 Å². The van der Waals surface area contributed by atoms with Crippen molar-refractivity contribution in [2.24, 2.45) is 0 Å². The van der Waals surface area contributed by atoms with Crippen LogP contribution in [0, 0.1) is 0 Å². The fourth-order valence-electron chi connectivity index (χ4n) is 2.87. The summed E-state index contributed by atoms with van der Waals surface area (Å²) in [6, 6.07) is 15.4. The number of hydrogen-bond donors (Lipinski definition) is 1. The summed E-state index contributed by atoms with van der Waals surface area (Å²) in [5.41, 5.74) is 2.53. The van der Waals surface area contributed by atoms with Crippen molar-refractivity contribution in [1.82, 2.24) is 10.2 Å². The lowest BCUT2D eigenvalue weighted by atomic mass is 10.0. The molecule has 0 bridgehead atoms. The highest BCUT2D eigenvalue weighted by Gasteiger charge is 2.11. The summed E-state index contributed by atoms with van der Waals surface area (Å²) in [7, 11) is 1.64. The van der Waals surface area contributed by atoms with Crippen LogP contribution in [0.3, 0.4) is 0 Å². The molecule has 0 radical (unpaired) electrons. The maximum atomic E-state index is 12.4. The Labute approximate surface area is 162 Å². The fraction of sp³-hybridized carbons (Fsp3) is 0.409. The van der Waals surface area contributed by atoms with Gasteiger partial charge in [0.25, 0.3) is 5.91 Å². The second-order valence-electron chi connectivity index (χ2n) is 6.18. The van der Waals surface area contributed by atoms with Crippen molar-refractivity contribution in [2.45, 2.75) is 13.8 Å². The van der Waals surface area contributed by atoms with E-state index in [0.717, 1.165) is 36.5 Å². The van der Waals surface area contributed by atoms with E-state index in [2.05, 4.69) is 24.1 Å². The summed E-state index contributed by atoms with van der Waals surface area (Å²) in [6.07, 6.45) is 0. The van der Waals surface area contributed by atoms with E-state index in [1.165, 1.54) is 0 Å². The predicted molar refractivity (Wildman–Crippen MR) is 109 cm³/mol. The Balaban J connectivity index is 1.88. The van der Waals surface area contributed by atoms with Gasteiger partial charge in [-0.3, -0.25) is 4.79 Å². The number of nitrogens with one attached hydrogen (secondary N) is 1. The molecule has 2 aromatic rings. The van der Waals surface area contributed by atoms with Crippen molar-refractivity contribution in [1.29, 1.82) is 0 Å². The lowest BCUT2D eigenvalue weighted by Gasteiger charge is -2.17. The molecule has 27 heavy (non-hydrogen) atoms. The van der Waals surface area contributed by atoms with Crippen LogP contribution in [-0.2, 0) is 4.74 Å². The standard InChI is InChI=1S/C22H30N2O3/c1-4-24(5-2)14-16-27-15-13-23-22(25)19-11-12-21(26-3)20(17-19)18-9-7-6-8-10-18/h6-12,17H,4-5,13-16H2,1-3H3,(H,23,25). The summed E-state index contributed by atoms with van der Waals surface area (Å²) in [4.78, 5) is 14.8. The van der Waals surface area contributed by atoms with Crippen LogP contribution in [-0.4, -0.2) is 57.3 Å². The minimum atomic E-state index is -0.109. The number of likely N-dealkylation sites (N-methyl/N-ethyl adjacent to an activating group) is 1. The number of benzene rings is 2. The smallest absolute Gasteiger partial charge is 0.251 e. The van der Waals surface area contributed by atoms with Gasteiger partial charge in [0.15, 0.2) is 0 Å². The van der Waals surface area contributed by atoms with Gasteiger partial charge in [-0.05, 0) is 36.9 Å². The fourth-order valence-corrected chi connectivity index (χ4v) is 2.87. The Bertz CT molecular complexity index is 700. The zero-order valence-electron chi connectivity index (χ0n) is 16.5. The zero-order valence-corrected chi connectivity index (χ0v) is 16.5. The molecule has 0 fully saturated rings. The molecule has 2 aromatic carbocycles. The van der Waals surface area contributed by atoms with Crippen molar-refractivity contribution in [2.75, 3.05) is 46.5 Å². The first kappa shape index (κ1) is 20.9. The van der Waals surface area contributed by atoms with Gasteiger partial charge in [0.1, 0.15) is 5.75 Å². The molecule has 1 amide bonds. The summed E-state index contributed by atoms with van der Waals surface area (Å²) in [6.45, 7) is 8.93. The quantitative estimate of drug-likeness (QED) is 0.616.